The Hall–Kier alpha value is -2.60. The first-order valence-electron chi connectivity index (χ1n) is 7.19. The number of aromatic nitrogens is 4. The Kier molecular flexibility index (Phi) is 4.43. The molecule has 2 heterocycles. The van der Waals surface area contributed by atoms with Crippen molar-refractivity contribution in [3.63, 3.8) is 0 Å². The van der Waals surface area contributed by atoms with Crippen molar-refractivity contribution in [3.05, 3.63) is 65.7 Å². The molecule has 0 aliphatic carbocycles. The molecule has 1 N–H and O–H groups in total. The van der Waals surface area contributed by atoms with Crippen LogP contribution in [0.15, 0.2) is 55.1 Å². The molecule has 0 aliphatic heterocycles. The summed E-state index contributed by atoms with van der Waals surface area (Å²) in [6.07, 6.45) is 6.84. The van der Waals surface area contributed by atoms with Gasteiger partial charge in [0.15, 0.2) is 0 Å². The summed E-state index contributed by atoms with van der Waals surface area (Å²) in [7, 11) is 0. The van der Waals surface area contributed by atoms with Gasteiger partial charge in [-0.3, -0.25) is 14.8 Å². The van der Waals surface area contributed by atoms with E-state index >= 15 is 0 Å². The van der Waals surface area contributed by atoms with E-state index in [0.717, 1.165) is 5.56 Å². The fraction of sp³-hybridized carbons (Fsp3) is 0.188. The van der Waals surface area contributed by atoms with E-state index in [0.29, 0.717) is 17.5 Å². The smallest absolute Gasteiger partial charge is 0.251 e. The Labute approximate surface area is 138 Å². The van der Waals surface area contributed by atoms with Gasteiger partial charge in [0, 0.05) is 29.8 Å². The molecule has 3 rings (SSSR count). The minimum Gasteiger partial charge on any atom is -0.313 e. The Morgan fingerprint density at radius 2 is 2.09 bits per heavy atom. The van der Waals surface area contributed by atoms with Gasteiger partial charge in [0.25, 0.3) is 5.91 Å². The van der Waals surface area contributed by atoms with Crippen LogP contribution in [0.25, 0.3) is 0 Å². The first kappa shape index (κ1) is 15.3. The third kappa shape index (κ3) is 3.43. The van der Waals surface area contributed by atoms with Gasteiger partial charge in [-0.25, -0.2) is 4.98 Å². The van der Waals surface area contributed by atoms with Crippen LogP contribution < -0.4 is 5.32 Å². The summed E-state index contributed by atoms with van der Waals surface area (Å²) in [5.41, 5.74) is 0.961. The quantitative estimate of drug-likeness (QED) is 0.782. The molecule has 1 atom stereocenters. The highest BCUT2D eigenvalue weighted by Crippen LogP contribution is 2.18. The number of halogens is 1. The number of nitrogens with one attached hydrogen (secondary N) is 1. The van der Waals surface area contributed by atoms with Gasteiger partial charge in [-0.15, -0.1) is 0 Å². The maximum absolute atomic E-state index is 12.3. The molecule has 7 heteroatoms. The van der Waals surface area contributed by atoms with Gasteiger partial charge in [-0.1, -0.05) is 29.8 Å². The van der Waals surface area contributed by atoms with Crippen LogP contribution in [0, 0.1) is 0 Å². The van der Waals surface area contributed by atoms with Crippen molar-refractivity contribution in [2.75, 3.05) is 5.32 Å². The van der Waals surface area contributed by atoms with Crippen molar-refractivity contribution in [1.29, 1.82) is 0 Å². The lowest BCUT2D eigenvalue weighted by atomic mass is 10.2. The zero-order chi connectivity index (χ0) is 16.2. The van der Waals surface area contributed by atoms with Gasteiger partial charge in [0.2, 0.25) is 5.95 Å². The number of anilines is 1. The Balaban J connectivity index is 1.74. The number of amides is 1. The van der Waals surface area contributed by atoms with Crippen molar-refractivity contribution in [1.82, 2.24) is 19.3 Å². The average Bonchev–Trinajstić information content (AvgIpc) is 3.21. The predicted octanol–water partition coefficient (Wildman–Crippen LogP) is 2.98. The molecule has 118 valence electrons. The van der Waals surface area contributed by atoms with E-state index in [4.69, 9.17) is 11.6 Å². The molecule has 2 aromatic heterocycles. The lowest BCUT2D eigenvalue weighted by molar-refractivity contribution is -0.119. The lowest BCUT2D eigenvalue weighted by Crippen LogP contribution is -2.25. The highest BCUT2D eigenvalue weighted by Gasteiger charge is 2.17. The molecule has 0 saturated heterocycles. The lowest BCUT2D eigenvalue weighted by Gasteiger charge is -2.14. The molecule has 0 saturated carbocycles. The van der Waals surface area contributed by atoms with Gasteiger partial charge >= 0.3 is 0 Å². The number of carbonyl (C=O) groups excluding carboxylic acids is 1. The molecular formula is C16H16ClN5O. The van der Waals surface area contributed by atoms with E-state index in [1.54, 1.807) is 42.5 Å². The standard InChI is InChI=1S/C16H16ClN5O/c1-12(22-9-4-7-19-22)15(23)20-16-18-8-10-21(16)11-13-5-2-3-6-14(13)17/h2-10,12H,11H2,1H3,(H,18,20,23)/t12-/m1/s1. The highest BCUT2D eigenvalue weighted by molar-refractivity contribution is 6.31. The van der Waals surface area contributed by atoms with Crippen LogP contribution in [0.2, 0.25) is 5.02 Å². The second-order valence-corrected chi connectivity index (χ2v) is 5.53. The molecule has 6 nitrogen and oxygen atoms in total. The fourth-order valence-corrected chi connectivity index (χ4v) is 2.41. The Morgan fingerprint density at radius 1 is 1.26 bits per heavy atom. The van der Waals surface area contributed by atoms with Crippen LogP contribution >= 0.6 is 11.6 Å². The predicted molar refractivity (Wildman–Crippen MR) is 88.3 cm³/mol. The average molecular weight is 330 g/mol. The minimum absolute atomic E-state index is 0.180. The van der Waals surface area contributed by atoms with E-state index in [1.165, 1.54) is 0 Å². The topological polar surface area (TPSA) is 64.7 Å². The molecule has 23 heavy (non-hydrogen) atoms. The summed E-state index contributed by atoms with van der Waals surface area (Å²) in [5.74, 6) is 0.300. The Morgan fingerprint density at radius 3 is 2.83 bits per heavy atom. The van der Waals surface area contributed by atoms with Gasteiger partial charge in [-0.2, -0.15) is 5.10 Å². The Bertz CT molecular complexity index is 796. The number of carbonyl (C=O) groups is 1. The molecule has 0 fully saturated rings. The van der Waals surface area contributed by atoms with Crippen LogP contribution in [0.4, 0.5) is 5.95 Å². The third-order valence-corrected chi connectivity index (χ3v) is 3.92. The molecule has 1 aromatic carbocycles. The third-order valence-electron chi connectivity index (χ3n) is 3.55. The zero-order valence-electron chi connectivity index (χ0n) is 12.6. The molecular weight excluding hydrogens is 314 g/mol. The second kappa shape index (κ2) is 6.66. The van der Waals surface area contributed by atoms with Crippen molar-refractivity contribution < 1.29 is 4.79 Å². The number of nitrogens with zero attached hydrogens (tertiary/aromatic N) is 4. The first-order valence-corrected chi connectivity index (χ1v) is 7.57. The maximum Gasteiger partial charge on any atom is 0.251 e. The summed E-state index contributed by atoms with van der Waals surface area (Å²) in [4.78, 5) is 16.5. The van der Waals surface area contributed by atoms with E-state index in [9.17, 15) is 4.79 Å². The number of benzene rings is 1. The zero-order valence-corrected chi connectivity index (χ0v) is 13.3. The largest absolute Gasteiger partial charge is 0.313 e. The minimum atomic E-state index is -0.421. The second-order valence-electron chi connectivity index (χ2n) is 5.12. The summed E-state index contributed by atoms with van der Waals surface area (Å²) in [6, 6.07) is 8.95. The van der Waals surface area contributed by atoms with Crippen molar-refractivity contribution in [2.45, 2.75) is 19.5 Å². The summed E-state index contributed by atoms with van der Waals surface area (Å²) < 4.78 is 3.44. The van der Waals surface area contributed by atoms with Crippen LogP contribution in [-0.4, -0.2) is 25.2 Å². The monoisotopic (exact) mass is 329 g/mol. The summed E-state index contributed by atoms with van der Waals surface area (Å²) in [6.45, 7) is 2.31. The van der Waals surface area contributed by atoms with Crippen molar-refractivity contribution in [3.8, 4) is 0 Å². The molecule has 3 aromatic rings. The number of imidazole rings is 1. The highest BCUT2D eigenvalue weighted by atomic mass is 35.5. The van der Waals surface area contributed by atoms with Crippen LogP contribution in [-0.2, 0) is 11.3 Å². The summed E-state index contributed by atoms with van der Waals surface area (Å²) >= 11 is 6.18. The van der Waals surface area contributed by atoms with E-state index < -0.39 is 6.04 Å². The van der Waals surface area contributed by atoms with E-state index in [-0.39, 0.29) is 5.91 Å². The van der Waals surface area contributed by atoms with Crippen LogP contribution in [0.3, 0.4) is 0 Å². The van der Waals surface area contributed by atoms with Crippen LogP contribution in [0.5, 0.6) is 0 Å². The first-order chi connectivity index (χ1) is 11.1. The maximum atomic E-state index is 12.3. The normalized spacial score (nSPS) is 12.1. The van der Waals surface area contributed by atoms with Gasteiger partial charge < -0.3 is 4.57 Å². The fourth-order valence-electron chi connectivity index (χ4n) is 2.22. The van der Waals surface area contributed by atoms with Crippen molar-refractivity contribution >= 4 is 23.5 Å². The van der Waals surface area contributed by atoms with Gasteiger partial charge in [0.1, 0.15) is 6.04 Å². The summed E-state index contributed by atoms with van der Waals surface area (Å²) in [5, 5.41) is 7.59. The number of hydrogen-bond acceptors (Lipinski definition) is 3. The van der Waals surface area contributed by atoms with Crippen LogP contribution in [0.1, 0.15) is 18.5 Å². The van der Waals surface area contributed by atoms with Gasteiger partial charge in [0.05, 0.1) is 6.54 Å². The molecule has 0 aliphatic rings. The van der Waals surface area contributed by atoms with Crippen molar-refractivity contribution in [2.24, 2.45) is 0 Å². The SMILES string of the molecule is C[C@H](C(=O)Nc1nccn1Cc1ccccc1Cl)n1cccn1. The van der Waals surface area contributed by atoms with E-state index in [2.05, 4.69) is 15.4 Å². The molecule has 0 spiro atoms. The molecule has 1 amide bonds. The van der Waals surface area contributed by atoms with Gasteiger partial charge in [-0.05, 0) is 24.6 Å². The molecule has 0 unspecified atom stereocenters. The number of rotatable bonds is 5. The number of hydrogen-bond donors (Lipinski definition) is 1. The van der Waals surface area contributed by atoms with E-state index in [1.807, 2.05) is 28.8 Å². The molecule has 0 radical (unpaired) electrons. The molecule has 0 bridgehead atoms.